The average Bonchev–Trinajstić information content (AvgIpc) is 2.75. The maximum atomic E-state index is 12.0. The zero-order chi connectivity index (χ0) is 21.8. The topological polar surface area (TPSA) is 85.9 Å². The Hall–Kier alpha value is -2.87. The predicted molar refractivity (Wildman–Crippen MR) is 120 cm³/mol. The summed E-state index contributed by atoms with van der Waals surface area (Å²) in [5.41, 5.74) is 1.73. The fourth-order valence-corrected chi connectivity index (χ4v) is 3.32. The van der Waals surface area contributed by atoms with Gasteiger partial charge in [0.05, 0.1) is 32.3 Å². The second kappa shape index (κ2) is 12.6. The number of rotatable bonds is 12. The van der Waals surface area contributed by atoms with E-state index < -0.39 is 0 Å². The van der Waals surface area contributed by atoms with E-state index in [4.69, 9.17) is 14.2 Å². The molecule has 2 N–H and O–H groups in total. The number of hydrogen-bond donors (Lipinski definition) is 2. The van der Waals surface area contributed by atoms with Crippen LogP contribution in [0.3, 0.4) is 0 Å². The number of hydrogen-bond acceptors (Lipinski definition) is 6. The van der Waals surface area contributed by atoms with Crippen LogP contribution in [0.1, 0.15) is 12.5 Å². The van der Waals surface area contributed by atoms with Crippen LogP contribution in [0.4, 0.5) is 5.69 Å². The zero-order valence-corrected chi connectivity index (χ0v) is 18.3. The van der Waals surface area contributed by atoms with E-state index in [9.17, 15) is 9.59 Å². The monoisotopic (exact) mass is 432 g/mol. The number of ether oxygens (including phenoxy) is 3. The predicted octanol–water partition coefficient (Wildman–Crippen LogP) is 3.13. The molecule has 2 aromatic carbocycles. The van der Waals surface area contributed by atoms with E-state index in [0.29, 0.717) is 36.8 Å². The third-order valence-electron chi connectivity index (χ3n) is 4.10. The summed E-state index contributed by atoms with van der Waals surface area (Å²) in [6, 6.07) is 12.9. The molecule has 0 spiro atoms. The molecular formula is C22H28N2O5S. The molecular weight excluding hydrogens is 404 g/mol. The number of nitrogens with one attached hydrogen (secondary N) is 2. The van der Waals surface area contributed by atoms with Crippen molar-refractivity contribution in [3.63, 3.8) is 0 Å². The highest BCUT2D eigenvalue weighted by molar-refractivity contribution is 8.00. The van der Waals surface area contributed by atoms with Crippen molar-refractivity contribution in [3.05, 3.63) is 48.0 Å². The molecule has 0 atom stereocenters. The van der Waals surface area contributed by atoms with E-state index in [-0.39, 0.29) is 23.3 Å². The van der Waals surface area contributed by atoms with Crippen LogP contribution in [0, 0.1) is 0 Å². The first-order chi connectivity index (χ1) is 14.5. The van der Waals surface area contributed by atoms with Gasteiger partial charge in [0.2, 0.25) is 11.8 Å². The molecule has 2 amide bonds. The van der Waals surface area contributed by atoms with E-state index in [0.717, 1.165) is 11.3 Å². The number of carbonyl (C=O) groups excluding carboxylic acids is 2. The normalized spacial score (nSPS) is 10.2. The maximum Gasteiger partial charge on any atom is 0.234 e. The first kappa shape index (κ1) is 23.4. The lowest BCUT2D eigenvalue weighted by Crippen LogP contribution is -2.28. The summed E-state index contributed by atoms with van der Waals surface area (Å²) < 4.78 is 15.9. The third-order valence-corrected chi connectivity index (χ3v) is 5.03. The second-order valence-corrected chi connectivity index (χ2v) is 7.27. The number of amides is 2. The summed E-state index contributed by atoms with van der Waals surface area (Å²) in [4.78, 5) is 24.0. The minimum absolute atomic E-state index is 0.102. The molecule has 30 heavy (non-hydrogen) atoms. The lowest BCUT2D eigenvalue weighted by molar-refractivity contribution is -0.118. The van der Waals surface area contributed by atoms with Gasteiger partial charge < -0.3 is 24.8 Å². The van der Waals surface area contributed by atoms with Gasteiger partial charge in [-0.15, -0.1) is 11.8 Å². The zero-order valence-electron chi connectivity index (χ0n) is 17.5. The lowest BCUT2D eigenvalue weighted by Gasteiger charge is -2.10. The average molecular weight is 433 g/mol. The van der Waals surface area contributed by atoms with Gasteiger partial charge >= 0.3 is 0 Å². The largest absolute Gasteiger partial charge is 0.494 e. The van der Waals surface area contributed by atoms with Crippen molar-refractivity contribution >= 4 is 29.3 Å². The van der Waals surface area contributed by atoms with E-state index in [1.165, 1.54) is 11.8 Å². The molecule has 2 aromatic rings. The first-order valence-corrected chi connectivity index (χ1v) is 10.8. The van der Waals surface area contributed by atoms with Gasteiger partial charge in [-0.3, -0.25) is 9.59 Å². The lowest BCUT2D eigenvalue weighted by atomic mass is 10.1. The molecule has 0 aliphatic rings. The van der Waals surface area contributed by atoms with Crippen LogP contribution >= 0.6 is 11.8 Å². The van der Waals surface area contributed by atoms with Gasteiger partial charge in [-0.2, -0.15) is 0 Å². The number of methoxy groups -OCH3 is 2. The van der Waals surface area contributed by atoms with Crippen molar-refractivity contribution in [1.29, 1.82) is 0 Å². The highest BCUT2D eigenvalue weighted by Crippen LogP contribution is 2.27. The Morgan fingerprint density at radius 1 is 0.933 bits per heavy atom. The van der Waals surface area contributed by atoms with E-state index in [1.807, 2.05) is 25.1 Å². The Bertz CT molecular complexity index is 827. The molecule has 0 heterocycles. The quantitative estimate of drug-likeness (QED) is 0.536. The SMILES string of the molecule is CCOc1ccc(NC(=O)CSCC(=O)NCCc2ccc(OC)c(OC)c2)cc1. The Morgan fingerprint density at radius 2 is 1.63 bits per heavy atom. The molecule has 0 aromatic heterocycles. The highest BCUT2D eigenvalue weighted by atomic mass is 32.2. The summed E-state index contributed by atoms with van der Waals surface area (Å²) in [6.07, 6.45) is 0.676. The minimum atomic E-state index is -0.151. The molecule has 0 unspecified atom stereocenters. The van der Waals surface area contributed by atoms with Crippen molar-refractivity contribution in [1.82, 2.24) is 5.32 Å². The third kappa shape index (κ3) is 7.87. The fraction of sp³-hybridized carbons (Fsp3) is 0.364. The minimum Gasteiger partial charge on any atom is -0.494 e. The maximum absolute atomic E-state index is 12.0. The van der Waals surface area contributed by atoms with Gasteiger partial charge in [0.15, 0.2) is 11.5 Å². The van der Waals surface area contributed by atoms with Gasteiger partial charge in [0.25, 0.3) is 0 Å². The standard InChI is InChI=1S/C22H28N2O5S/c1-4-29-18-8-6-17(7-9-18)24-22(26)15-30-14-21(25)23-12-11-16-5-10-19(27-2)20(13-16)28-3/h5-10,13H,4,11-12,14-15H2,1-3H3,(H,23,25)(H,24,26). The summed E-state index contributed by atoms with van der Waals surface area (Å²) >= 11 is 1.27. The van der Waals surface area contributed by atoms with Crippen molar-refractivity contribution in [2.24, 2.45) is 0 Å². The molecule has 0 saturated carbocycles. The summed E-state index contributed by atoms with van der Waals surface area (Å²) in [7, 11) is 3.18. The van der Waals surface area contributed by atoms with Crippen LogP contribution < -0.4 is 24.8 Å². The van der Waals surface area contributed by atoms with E-state index >= 15 is 0 Å². The van der Waals surface area contributed by atoms with E-state index in [1.54, 1.807) is 38.5 Å². The Kier molecular flexibility index (Phi) is 9.86. The molecule has 0 bridgehead atoms. The Balaban J connectivity index is 1.64. The van der Waals surface area contributed by atoms with Crippen LogP contribution in [0.2, 0.25) is 0 Å². The van der Waals surface area contributed by atoms with Crippen molar-refractivity contribution in [2.45, 2.75) is 13.3 Å². The van der Waals surface area contributed by atoms with E-state index in [2.05, 4.69) is 10.6 Å². The number of benzene rings is 2. The van der Waals surface area contributed by atoms with Gasteiger partial charge in [0, 0.05) is 12.2 Å². The van der Waals surface area contributed by atoms with Crippen LogP contribution in [-0.4, -0.2) is 50.7 Å². The Labute approximate surface area is 181 Å². The first-order valence-electron chi connectivity index (χ1n) is 9.63. The number of anilines is 1. The van der Waals surface area contributed by atoms with Crippen LogP contribution in [0.15, 0.2) is 42.5 Å². The number of thioether (sulfide) groups is 1. The molecule has 0 fully saturated rings. The molecule has 7 nitrogen and oxygen atoms in total. The number of carbonyl (C=O) groups is 2. The van der Waals surface area contributed by atoms with Crippen LogP contribution in [0.5, 0.6) is 17.2 Å². The second-order valence-electron chi connectivity index (χ2n) is 6.29. The van der Waals surface area contributed by atoms with Crippen LogP contribution in [-0.2, 0) is 16.0 Å². The molecule has 162 valence electrons. The van der Waals surface area contributed by atoms with Gasteiger partial charge in [0.1, 0.15) is 5.75 Å². The molecule has 2 rings (SSSR count). The van der Waals surface area contributed by atoms with Crippen LogP contribution in [0.25, 0.3) is 0 Å². The Morgan fingerprint density at radius 3 is 2.30 bits per heavy atom. The highest BCUT2D eigenvalue weighted by Gasteiger charge is 2.08. The molecule has 0 aliphatic carbocycles. The molecule has 0 saturated heterocycles. The summed E-state index contributed by atoms with van der Waals surface area (Å²) in [6.45, 7) is 3.02. The van der Waals surface area contributed by atoms with Crippen molar-refractivity contribution in [3.8, 4) is 17.2 Å². The van der Waals surface area contributed by atoms with Gasteiger partial charge in [-0.05, 0) is 55.3 Å². The smallest absolute Gasteiger partial charge is 0.234 e. The fourth-order valence-electron chi connectivity index (χ4n) is 2.67. The summed E-state index contributed by atoms with van der Waals surface area (Å²) in [5, 5.41) is 5.66. The molecule has 8 heteroatoms. The van der Waals surface area contributed by atoms with Gasteiger partial charge in [-0.25, -0.2) is 0 Å². The summed E-state index contributed by atoms with van der Waals surface area (Å²) in [5.74, 6) is 2.27. The van der Waals surface area contributed by atoms with Crippen molar-refractivity contribution < 1.29 is 23.8 Å². The van der Waals surface area contributed by atoms with Gasteiger partial charge in [-0.1, -0.05) is 6.07 Å². The van der Waals surface area contributed by atoms with Crippen molar-refractivity contribution in [2.75, 3.05) is 44.2 Å². The molecule has 0 radical (unpaired) electrons. The molecule has 0 aliphatic heterocycles.